The van der Waals surface area contributed by atoms with Gasteiger partial charge in [0.15, 0.2) is 9.84 Å². The number of carbonyl (C=O) groups excluding carboxylic acids is 3. The third-order valence-electron chi connectivity index (χ3n) is 5.25. The van der Waals surface area contributed by atoms with E-state index in [-0.39, 0.29) is 29.7 Å². The second-order valence-corrected chi connectivity index (χ2v) is 12.6. The summed E-state index contributed by atoms with van der Waals surface area (Å²) in [5, 5.41) is 12.5. The topological polar surface area (TPSA) is 200 Å². The standard InChI is InChI=1S/C19H29N5O9S3/c1-4-23(20)15-8-11(2)36(30,31)19-13(15)9-17(34-19)35-22-18(27)14(21-12(3)25)10-32-16(26)6-5-7-33-24(28)29/h9,11,14-15H,4-8,10,20H2,1-3H3,(H,21,25)(H,22,27). The summed E-state index contributed by atoms with van der Waals surface area (Å²) in [6.07, 6.45) is 0.208. The summed E-state index contributed by atoms with van der Waals surface area (Å²) >= 11 is 1.90. The lowest BCUT2D eigenvalue weighted by molar-refractivity contribution is -0.757. The molecule has 0 spiro atoms. The number of thiophene rings is 1. The lowest BCUT2D eigenvalue weighted by Crippen LogP contribution is -2.47. The van der Waals surface area contributed by atoms with Crippen molar-refractivity contribution in [1.82, 2.24) is 15.0 Å². The first-order chi connectivity index (χ1) is 16.9. The van der Waals surface area contributed by atoms with Gasteiger partial charge in [-0.1, -0.05) is 6.92 Å². The van der Waals surface area contributed by atoms with Crippen molar-refractivity contribution in [2.24, 2.45) is 5.84 Å². The monoisotopic (exact) mass is 567 g/mol. The largest absolute Gasteiger partial charge is 0.463 e. The SMILES string of the molecule is CCN(N)C1CC(C)S(=O)(=O)c2sc(SNC(=O)C(COC(=O)CCCO[N+](=O)[O-])NC(C)=O)cc21. The Bertz CT molecular complexity index is 1080. The quantitative estimate of drug-likeness (QED) is 0.0754. The molecule has 1 aromatic rings. The van der Waals surface area contributed by atoms with E-state index in [1.807, 2.05) is 6.92 Å². The molecule has 1 aromatic heterocycles. The minimum Gasteiger partial charge on any atom is -0.463 e. The molecule has 202 valence electrons. The van der Waals surface area contributed by atoms with Crippen molar-refractivity contribution in [1.29, 1.82) is 0 Å². The van der Waals surface area contributed by atoms with Crippen LogP contribution in [0.2, 0.25) is 0 Å². The van der Waals surface area contributed by atoms with Crippen LogP contribution in [-0.4, -0.2) is 67.3 Å². The predicted molar refractivity (Wildman–Crippen MR) is 130 cm³/mol. The zero-order valence-corrected chi connectivity index (χ0v) is 22.4. The van der Waals surface area contributed by atoms with Gasteiger partial charge in [0.25, 0.3) is 11.0 Å². The van der Waals surface area contributed by atoms with Crippen molar-refractivity contribution in [2.75, 3.05) is 19.8 Å². The third kappa shape index (κ3) is 8.02. The van der Waals surface area contributed by atoms with Gasteiger partial charge >= 0.3 is 5.97 Å². The summed E-state index contributed by atoms with van der Waals surface area (Å²) in [5.41, 5.74) is 0.576. The zero-order chi connectivity index (χ0) is 27.0. The van der Waals surface area contributed by atoms with Crippen LogP contribution >= 0.6 is 23.3 Å². The lowest BCUT2D eigenvalue weighted by atomic mass is 10.0. The van der Waals surface area contributed by atoms with Crippen molar-refractivity contribution in [3.8, 4) is 0 Å². The fraction of sp³-hybridized carbons (Fsp3) is 0.632. The Morgan fingerprint density at radius 2 is 2.11 bits per heavy atom. The summed E-state index contributed by atoms with van der Waals surface area (Å²) in [5.74, 6) is 4.15. The van der Waals surface area contributed by atoms with E-state index in [1.54, 1.807) is 18.0 Å². The molecule has 1 aliphatic heterocycles. The fourth-order valence-electron chi connectivity index (χ4n) is 3.36. The van der Waals surface area contributed by atoms with Gasteiger partial charge in [-0.15, -0.1) is 21.5 Å². The number of hydrazine groups is 1. The highest BCUT2D eigenvalue weighted by Crippen LogP contribution is 2.45. The maximum atomic E-state index is 12.8. The summed E-state index contributed by atoms with van der Waals surface area (Å²) in [7, 11) is -3.53. The third-order valence-corrected chi connectivity index (χ3v) is 10.1. The van der Waals surface area contributed by atoms with Crippen LogP contribution in [0.5, 0.6) is 0 Å². The highest BCUT2D eigenvalue weighted by Gasteiger charge is 2.40. The Morgan fingerprint density at radius 3 is 2.72 bits per heavy atom. The van der Waals surface area contributed by atoms with E-state index in [2.05, 4.69) is 14.9 Å². The van der Waals surface area contributed by atoms with Gasteiger partial charge in [-0.05, 0) is 37.8 Å². The molecular weight excluding hydrogens is 538 g/mol. The van der Waals surface area contributed by atoms with Crippen LogP contribution in [0.4, 0.5) is 0 Å². The molecule has 2 amide bonds. The highest BCUT2D eigenvalue weighted by atomic mass is 32.2. The highest BCUT2D eigenvalue weighted by molar-refractivity contribution is 8.00. The van der Waals surface area contributed by atoms with Crippen molar-refractivity contribution >= 4 is 50.9 Å². The summed E-state index contributed by atoms with van der Waals surface area (Å²) in [6.45, 7) is 4.47. The Morgan fingerprint density at radius 1 is 1.42 bits per heavy atom. The molecule has 14 nitrogen and oxygen atoms in total. The van der Waals surface area contributed by atoms with Crippen LogP contribution in [0.25, 0.3) is 0 Å². The van der Waals surface area contributed by atoms with E-state index in [4.69, 9.17) is 10.6 Å². The van der Waals surface area contributed by atoms with E-state index >= 15 is 0 Å². The molecule has 0 bridgehead atoms. The molecule has 0 saturated carbocycles. The normalized spacial score (nSPS) is 19.1. The first kappa shape index (κ1) is 29.8. The van der Waals surface area contributed by atoms with Crippen molar-refractivity contribution in [3.63, 3.8) is 0 Å². The Labute approximate surface area is 216 Å². The van der Waals surface area contributed by atoms with E-state index in [0.717, 1.165) is 23.3 Å². The van der Waals surface area contributed by atoms with Gasteiger partial charge in [-0.3, -0.25) is 24.9 Å². The van der Waals surface area contributed by atoms with E-state index in [9.17, 15) is 32.9 Å². The van der Waals surface area contributed by atoms with Crippen LogP contribution in [0.1, 0.15) is 51.6 Å². The molecule has 36 heavy (non-hydrogen) atoms. The second-order valence-electron chi connectivity index (χ2n) is 7.91. The average Bonchev–Trinajstić information content (AvgIpc) is 3.25. The minimum atomic E-state index is -3.53. The van der Waals surface area contributed by atoms with Crippen LogP contribution < -0.4 is 15.9 Å². The molecule has 2 heterocycles. The molecule has 17 heteroatoms. The molecule has 0 aromatic carbocycles. The molecule has 0 fully saturated rings. The van der Waals surface area contributed by atoms with Gasteiger partial charge < -0.3 is 14.9 Å². The van der Waals surface area contributed by atoms with Gasteiger partial charge in [-0.2, -0.15) is 0 Å². The number of ether oxygens (including phenoxy) is 1. The molecule has 1 aliphatic rings. The van der Waals surface area contributed by atoms with Crippen molar-refractivity contribution < 1.29 is 37.5 Å². The molecular formula is C19H29N5O9S3. The number of hydrogen-bond acceptors (Lipinski definition) is 13. The Kier molecular flexibility index (Phi) is 10.9. The van der Waals surface area contributed by atoms with Gasteiger partial charge in [0.05, 0.1) is 22.1 Å². The number of hydrogen-bond donors (Lipinski definition) is 3. The number of nitrogens with zero attached hydrogens (tertiary/aromatic N) is 2. The minimum absolute atomic E-state index is 0.0382. The number of sulfone groups is 1. The van der Waals surface area contributed by atoms with Crippen molar-refractivity contribution in [3.05, 3.63) is 21.7 Å². The number of rotatable bonds is 13. The first-order valence-electron chi connectivity index (χ1n) is 10.9. The molecule has 2 rings (SSSR count). The van der Waals surface area contributed by atoms with Gasteiger partial charge in [0.2, 0.25) is 5.91 Å². The average molecular weight is 568 g/mol. The van der Waals surface area contributed by atoms with Crippen LogP contribution in [0, 0.1) is 10.1 Å². The molecule has 0 aliphatic carbocycles. The predicted octanol–water partition coefficient (Wildman–Crippen LogP) is 0.710. The van der Waals surface area contributed by atoms with Crippen molar-refractivity contribution in [2.45, 2.75) is 65.8 Å². The second kappa shape index (κ2) is 13.2. The maximum Gasteiger partial charge on any atom is 0.305 e. The number of nitrogens with two attached hydrogens (primary N) is 1. The van der Waals surface area contributed by atoms with E-state index in [1.165, 1.54) is 6.92 Å². The maximum absolute atomic E-state index is 12.8. The molecule has 3 unspecified atom stereocenters. The Hall–Kier alpha value is -2.47. The van der Waals surface area contributed by atoms with E-state index in [0.29, 0.717) is 22.7 Å². The number of carbonyl (C=O) groups is 3. The van der Waals surface area contributed by atoms with Crippen LogP contribution in [0.3, 0.4) is 0 Å². The molecule has 0 saturated heterocycles. The molecule has 0 radical (unpaired) electrons. The van der Waals surface area contributed by atoms with Gasteiger partial charge in [0, 0.05) is 25.5 Å². The Balaban J connectivity index is 2.02. The number of nitrogens with one attached hydrogen (secondary N) is 2. The fourth-order valence-corrected chi connectivity index (χ4v) is 7.82. The summed E-state index contributed by atoms with van der Waals surface area (Å²) in [4.78, 5) is 50.2. The molecule has 3 atom stereocenters. The van der Waals surface area contributed by atoms with E-state index < -0.39 is 50.6 Å². The summed E-state index contributed by atoms with van der Waals surface area (Å²) < 4.78 is 33.9. The molecule has 4 N–H and O–H groups in total. The zero-order valence-electron chi connectivity index (χ0n) is 19.9. The number of amides is 2. The summed E-state index contributed by atoms with van der Waals surface area (Å²) in [6, 6.07) is 0.182. The van der Waals surface area contributed by atoms with Gasteiger partial charge in [-0.25, -0.2) is 13.4 Å². The van der Waals surface area contributed by atoms with Gasteiger partial charge in [0.1, 0.15) is 16.9 Å². The first-order valence-corrected chi connectivity index (χ1v) is 14.1. The number of esters is 1. The smallest absolute Gasteiger partial charge is 0.305 e. The van der Waals surface area contributed by atoms with Crippen LogP contribution in [0.15, 0.2) is 14.5 Å². The number of fused-ring (bicyclic) bond motifs is 1. The van der Waals surface area contributed by atoms with Crippen LogP contribution in [-0.2, 0) is 33.8 Å². The lowest BCUT2D eigenvalue weighted by Gasteiger charge is -2.32.